The first-order valence-corrected chi connectivity index (χ1v) is 9.44. The molecule has 2 aromatic rings. The van der Waals surface area contributed by atoms with Crippen LogP contribution in [-0.2, 0) is 6.54 Å². The maximum atomic E-state index is 6.32. The Morgan fingerprint density at radius 1 is 1.29 bits per heavy atom. The lowest BCUT2D eigenvalue weighted by Crippen LogP contribution is -2.26. The van der Waals surface area contributed by atoms with Gasteiger partial charge < -0.3 is 9.64 Å². The molecule has 0 bridgehead atoms. The molecular formula is C17H23N5OS. The molecule has 2 fully saturated rings. The average molecular weight is 345 g/mol. The topological polar surface area (TPSA) is 54.4 Å². The summed E-state index contributed by atoms with van der Waals surface area (Å²) in [5.74, 6) is 1.94. The number of anilines is 1. The van der Waals surface area contributed by atoms with Crippen LogP contribution in [0.2, 0.25) is 0 Å². The smallest absolute Gasteiger partial charge is 0.171 e. The van der Waals surface area contributed by atoms with Crippen molar-refractivity contribution in [2.75, 3.05) is 31.1 Å². The summed E-state index contributed by atoms with van der Waals surface area (Å²) < 4.78 is 10.4. The van der Waals surface area contributed by atoms with Crippen LogP contribution in [0.1, 0.15) is 29.8 Å². The molecule has 6 nitrogen and oxygen atoms in total. The van der Waals surface area contributed by atoms with Crippen LogP contribution in [0.4, 0.5) is 5.82 Å². The van der Waals surface area contributed by atoms with Gasteiger partial charge in [0.1, 0.15) is 6.10 Å². The van der Waals surface area contributed by atoms with E-state index in [-0.39, 0.29) is 6.10 Å². The first kappa shape index (κ1) is 15.8. The van der Waals surface area contributed by atoms with Gasteiger partial charge in [0.05, 0.1) is 10.6 Å². The van der Waals surface area contributed by atoms with Gasteiger partial charge in [-0.1, -0.05) is 4.49 Å². The Labute approximate surface area is 146 Å². The van der Waals surface area contributed by atoms with Crippen molar-refractivity contribution in [3.8, 4) is 5.75 Å². The number of aromatic nitrogens is 3. The fourth-order valence-electron chi connectivity index (χ4n) is 3.46. The van der Waals surface area contributed by atoms with Crippen LogP contribution >= 0.6 is 11.5 Å². The van der Waals surface area contributed by atoms with E-state index in [1.54, 1.807) is 0 Å². The maximum Gasteiger partial charge on any atom is 0.171 e. The van der Waals surface area contributed by atoms with Crippen LogP contribution in [0.5, 0.6) is 5.75 Å². The third-order valence-electron chi connectivity index (χ3n) is 4.79. The number of hydrogen-bond acceptors (Lipinski definition) is 7. The highest BCUT2D eigenvalue weighted by molar-refractivity contribution is 7.05. The lowest BCUT2D eigenvalue weighted by molar-refractivity contribution is 0.198. The molecule has 2 aromatic heterocycles. The highest BCUT2D eigenvalue weighted by Gasteiger charge is 2.27. The molecule has 2 saturated heterocycles. The minimum Gasteiger partial charge on any atom is -0.485 e. The summed E-state index contributed by atoms with van der Waals surface area (Å²) in [4.78, 5) is 10.6. The highest BCUT2D eigenvalue weighted by atomic mass is 32.1. The zero-order valence-electron chi connectivity index (χ0n) is 14.0. The molecule has 24 heavy (non-hydrogen) atoms. The van der Waals surface area contributed by atoms with Crippen molar-refractivity contribution in [2.45, 2.75) is 38.8 Å². The standard InChI is InChI=1S/C17H23N5OS/c1-13-16(24-20-19-13)12-21-10-6-14(11-21)23-15-5-4-7-18-17(15)22-8-2-3-9-22/h4-5,7,14H,2-3,6,8-12H2,1H3/t14-/m0/s1. The molecule has 0 aliphatic carbocycles. The normalized spacial score (nSPS) is 21.5. The van der Waals surface area contributed by atoms with Crippen molar-refractivity contribution in [3.05, 3.63) is 28.9 Å². The molecular weight excluding hydrogens is 322 g/mol. The Morgan fingerprint density at radius 3 is 2.96 bits per heavy atom. The summed E-state index contributed by atoms with van der Waals surface area (Å²) >= 11 is 1.50. The van der Waals surface area contributed by atoms with E-state index in [4.69, 9.17) is 4.74 Å². The molecule has 128 valence electrons. The fraction of sp³-hybridized carbons (Fsp3) is 0.588. The van der Waals surface area contributed by atoms with Crippen LogP contribution in [0, 0.1) is 6.92 Å². The van der Waals surface area contributed by atoms with Crippen molar-refractivity contribution in [1.82, 2.24) is 19.5 Å². The minimum absolute atomic E-state index is 0.233. The highest BCUT2D eigenvalue weighted by Crippen LogP contribution is 2.30. The van der Waals surface area contributed by atoms with Crippen molar-refractivity contribution < 1.29 is 4.74 Å². The van der Waals surface area contributed by atoms with Crippen molar-refractivity contribution in [3.63, 3.8) is 0 Å². The van der Waals surface area contributed by atoms with Gasteiger partial charge in [0.2, 0.25) is 0 Å². The van der Waals surface area contributed by atoms with Gasteiger partial charge >= 0.3 is 0 Å². The van der Waals surface area contributed by atoms with Crippen LogP contribution in [0.25, 0.3) is 0 Å². The maximum absolute atomic E-state index is 6.32. The van der Waals surface area contributed by atoms with E-state index in [0.717, 1.165) is 56.4 Å². The van der Waals surface area contributed by atoms with E-state index in [2.05, 4.69) is 30.4 Å². The molecule has 0 N–H and O–H groups in total. The summed E-state index contributed by atoms with van der Waals surface area (Å²) in [6, 6.07) is 4.02. The first-order valence-electron chi connectivity index (χ1n) is 8.66. The molecule has 7 heteroatoms. The Morgan fingerprint density at radius 2 is 2.17 bits per heavy atom. The largest absolute Gasteiger partial charge is 0.485 e. The SMILES string of the molecule is Cc1nnsc1CN1CC[C@H](Oc2cccnc2N2CCCC2)C1. The van der Waals surface area contributed by atoms with E-state index in [0.29, 0.717) is 0 Å². The van der Waals surface area contributed by atoms with Gasteiger partial charge in [-0.3, -0.25) is 4.90 Å². The lowest BCUT2D eigenvalue weighted by Gasteiger charge is -2.22. The number of nitrogens with zero attached hydrogens (tertiary/aromatic N) is 5. The van der Waals surface area contributed by atoms with Gasteiger partial charge in [-0.2, -0.15) is 0 Å². The van der Waals surface area contributed by atoms with Crippen LogP contribution in [0.15, 0.2) is 18.3 Å². The molecule has 0 saturated carbocycles. The number of hydrogen-bond donors (Lipinski definition) is 0. The minimum atomic E-state index is 0.233. The summed E-state index contributed by atoms with van der Waals surface area (Å²) in [6.07, 6.45) is 5.64. The lowest BCUT2D eigenvalue weighted by atomic mass is 10.3. The van der Waals surface area contributed by atoms with Gasteiger partial charge in [0.25, 0.3) is 0 Å². The van der Waals surface area contributed by atoms with Crippen molar-refractivity contribution in [1.29, 1.82) is 0 Å². The van der Waals surface area contributed by atoms with E-state index in [1.165, 1.54) is 29.3 Å². The van der Waals surface area contributed by atoms with Crippen LogP contribution < -0.4 is 9.64 Å². The van der Waals surface area contributed by atoms with E-state index < -0.39 is 0 Å². The van der Waals surface area contributed by atoms with Crippen molar-refractivity contribution in [2.24, 2.45) is 0 Å². The zero-order valence-corrected chi connectivity index (χ0v) is 14.8. The fourth-order valence-corrected chi connectivity index (χ4v) is 4.13. The molecule has 1 atom stereocenters. The monoisotopic (exact) mass is 345 g/mol. The van der Waals surface area contributed by atoms with Gasteiger partial charge in [0.15, 0.2) is 11.6 Å². The number of aryl methyl sites for hydroxylation is 1. The molecule has 2 aliphatic heterocycles. The van der Waals surface area contributed by atoms with E-state index >= 15 is 0 Å². The molecule has 0 amide bonds. The Balaban J connectivity index is 1.39. The number of likely N-dealkylation sites (tertiary alicyclic amines) is 1. The van der Waals surface area contributed by atoms with Crippen molar-refractivity contribution >= 4 is 17.4 Å². The molecule has 4 heterocycles. The third kappa shape index (κ3) is 3.37. The summed E-state index contributed by atoms with van der Waals surface area (Å²) in [5.41, 5.74) is 1.05. The number of rotatable bonds is 5. The second-order valence-corrected chi connectivity index (χ2v) is 7.40. The van der Waals surface area contributed by atoms with Gasteiger partial charge in [-0.25, -0.2) is 4.98 Å². The number of pyridine rings is 1. The quantitative estimate of drug-likeness (QED) is 0.830. The molecule has 0 radical (unpaired) electrons. The molecule has 0 unspecified atom stereocenters. The second-order valence-electron chi connectivity index (χ2n) is 6.56. The zero-order chi connectivity index (χ0) is 16.4. The predicted octanol–water partition coefficient (Wildman–Crippen LogP) is 2.50. The van der Waals surface area contributed by atoms with Gasteiger partial charge in [-0.15, -0.1) is 5.10 Å². The summed E-state index contributed by atoms with van der Waals surface area (Å²) in [7, 11) is 0. The van der Waals surface area contributed by atoms with Gasteiger partial charge in [0, 0.05) is 38.9 Å². The molecule has 2 aliphatic rings. The second kappa shape index (κ2) is 7.03. The van der Waals surface area contributed by atoms with E-state index in [1.807, 2.05) is 19.2 Å². The Hall–Kier alpha value is -1.73. The summed E-state index contributed by atoms with van der Waals surface area (Å²) in [5, 5.41) is 4.10. The third-order valence-corrected chi connectivity index (χ3v) is 5.60. The molecule has 4 rings (SSSR count). The average Bonchev–Trinajstić information content (AvgIpc) is 3.32. The first-order chi connectivity index (χ1) is 11.8. The molecule has 0 aromatic carbocycles. The van der Waals surface area contributed by atoms with E-state index in [9.17, 15) is 0 Å². The Bertz CT molecular complexity index is 685. The predicted molar refractivity (Wildman–Crippen MR) is 94.6 cm³/mol. The Kier molecular flexibility index (Phi) is 4.62. The summed E-state index contributed by atoms with van der Waals surface area (Å²) in [6.45, 7) is 7.13. The van der Waals surface area contributed by atoms with Gasteiger partial charge in [-0.05, 0) is 49.9 Å². The molecule has 0 spiro atoms. The van der Waals surface area contributed by atoms with Crippen LogP contribution in [0.3, 0.4) is 0 Å². The van der Waals surface area contributed by atoms with Crippen LogP contribution in [-0.4, -0.2) is 51.8 Å². The number of ether oxygens (including phenoxy) is 1.